The second-order valence-corrected chi connectivity index (χ2v) is 8.06. The van der Waals surface area contributed by atoms with E-state index >= 15 is 0 Å². The number of nitrogens with one attached hydrogen (secondary N) is 2. The van der Waals surface area contributed by atoms with Crippen LogP contribution in [0, 0.1) is 19.8 Å². The van der Waals surface area contributed by atoms with Crippen molar-refractivity contribution in [1.29, 1.82) is 0 Å². The van der Waals surface area contributed by atoms with Crippen molar-refractivity contribution in [3.8, 4) is 0 Å². The zero-order valence-electron chi connectivity index (χ0n) is 16.1. The van der Waals surface area contributed by atoms with Gasteiger partial charge in [-0.15, -0.1) is 0 Å². The van der Waals surface area contributed by atoms with Crippen molar-refractivity contribution >= 4 is 17.5 Å². The Morgan fingerprint density at radius 3 is 3.00 bits per heavy atom. The van der Waals surface area contributed by atoms with Gasteiger partial charge in [-0.05, 0) is 45.7 Å². The van der Waals surface area contributed by atoms with Gasteiger partial charge in [0.15, 0.2) is 0 Å². The number of benzene rings is 1. The Morgan fingerprint density at radius 1 is 1.39 bits per heavy atom. The molecule has 3 atom stereocenters. The zero-order chi connectivity index (χ0) is 19.5. The van der Waals surface area contributed by atoms with E-state index in [1.165, 1.54) is 0 Å². The summed E-state index contributed by atoms with van der Waals surface area (Å²) in [5, 5.41) is 10.0. The summed E-state index contributed by atoms with van der Waals surface area (Å²) in [6.07, 6.45) is 2.80. The van der Waals surface area contributed by atoms with Crippen LogP contribution in [-0.2, 0) is 21.7 Å². The normalized spacial score (nSPS) is 28.4. The molecule has 0 unspecified atom stereocenters. The number of carbonyl (C=O) groups is 2. The number of anilines is 1. The predicted molar refractivity (Wildman–Crippen MR) is 102 cm³/mol. The summed E-state index contributed by atoms with van der Waals surface area (Å²) < 4.78 is 5.20. The van der Waals surface area contributed by atoms with E-state index in [4.69, 9.17) is 4.52 Å². The van der Waals surface area contributed by atoms with Crippen LogP contribution in [0.3, 0.4) is 0 Å². The van der Waals surface area contributed by atoms with Gasteiger partial charge in [0.05, 0.1) is 11.6 Å². The number of amides is 2. The summed E-state index contributed by atoms with van der Waals surface area (Å²) in [7, 11) is 0. The van der Waals surface area contributed by atoms with Crippen molar-refractivity contribution in [2.24, 2.45) is 5.92 Å². The lowest BCUT2D eigenvalue weighted by Gasteiger charge is -2.36. The molecule has 1 aromatic heterocycles. The number of para-hydroxylation sites is 1. The molecule has 0 radical (unpaired) electrons. The minimum absolute atomic E-state index is 0.0735. The maximum absolute atomic E-state index is 13.3. The second kappa shape index (κ2) is 6.17. The summed E-state index contributed by atoms with van der Waals surface area (Å²) in [6, 6.07) is 8.04. The Bertz CT molecular complexity index is 949. The molecular formula is C21H24N4O3. The van der Waals surface area contributed by atoms with Crippen molar-refractivity contribution in [3.63, 3.8) is 0 Å². The molecule has 2 N–H and O–H groups in total. The summed E-state index contributed by atoms with van der Waals surface area (Å²) in [5.74, 6) is 0.141. The fourth-order valence-electron chi connectivity index (χ4n) is 5.43. The van der Waals surface area contributed by atoms with Crippen LogP contribution in [0.4, 0.5) is 5.69 Å². The average molecular weight is 380 g/mol. The molecule has 7 heteroatoms. The van der Waals surface area contributed by atoms with Gasteiger partial charge >= 0.3 is 0 Å². The van der Waals surface area contributed by atoms with Gasteiger partial charge in [-0.3, -0.25) is 14.5 Å². The lowest BCUT2D eigenvalue weighted by Crippen LogP contribution is -2.54. The zero-order valence-corrected chi connectivity index (χ0v) is 16.1. The highest BCUT2D eigenvalue weighted by molar-refractivity contribution is 6.09. The molecule has 28 heavy (non-hydrogen) atoms. The number of fused-ring (bicyclic) bond motifs is 4. The van der Waals surface area contributed by atoms with Crippen LogP contribution in [0.2, 0.25) is 0 Å². The Labute approximate surface area is 163 Å². The number of aromatic nitrogens is 1. The first-order valence-corrected chi connectivity index (χ1v) is 9.90. The molecule has 1 aromatic carbocycles. The van der Waals surface area contributed by atoms with Gasteiger partial charge < -0.3 is 15.2 Å². The van der Waals surface area contributed by atoms with Gasteiger partial charge in [-0.25, -0.2) is 0 Å². The molecule has 3 aliphatic heterocycles. The molecule has 0 bridgehead atoms. The maximum atomic E-state index is 13.3. The van der Waals surface area contributed by atoms with E-state index in [0.717, 1.165) is 41.9 Å². The van der Waals surface area contributed by atoms with Gasteiger partial charge in [-0.2, -0.15) is 0 Å². The molecule has 146 valence electrons. The fraction of sp³-hybridized carbons (Fsp3) is 0.476. The molecule has 7 nitrogen and oxygen atoms in total. The minimum atomic E-state index is -0.902. The van der Waals surface area contributed by atoms with Crippen molar-refractivity contribution in [2.45, 2.75) is 51.2 Å². The molecule has 2 saturated heterocycles. The summed E-state index contributed by atoms with van der Waals surface area (Å²) in [5.41, 5.74) is 2.53. The number of hydrogen-bond acceptors (Lipinski definition) is 5. The first kappa shape index (κ1) is 17.4. The monoisotopic (exact) mass is 380 g/mol. The van der Waals surface area contributed by atoms with Crippen LogP contribution in [0.15, 0.2) is 28.8 Å². The maximum Gasteiger partial charge on any atom is 0.250 e. The smallest absolute Gasteiger partial charge is 0.250 e. The van der Waals surface area contributed by atoms with E-state index in [-0.39, 0.29) is 17.9 Å². The standard InChI is InChI=1S/C21H24N4O3/c1-12-15(13(2)28-24-12)11-22-19(26)17-10-14-6-5-9-25(14)21(17)16-7-3-4-8-18(16)23-20(21)27/h3-4,7-8,14,17H,5-6,9-11H2,1-2H3,(H,22,26)(H,23,27)/t14-,17+,21+/m1/s1. The highest BCUT2D eigenvalue weighted by Crippen LogP contribution is 2.55. The average Bonchev–Trinajstić information content (AvgIpc) is 3.40. The fourth-order valence-corrected chi connectivity index (χ4v) is 5.43. The Hall–Kier alpha value is -2.67. The number of carbonyl (C=O) groups excluding carboxylic acids is 2. The van der Waals surface area contributed by atoms with Gasteiger partial charge in [-0.1, -0.05) is 23.4 Å². The molecule has 5 rings (SSSR count). The lowest BCUT2D eigenvalue weighted by molar-refractivity contribution is -0.137. The van der Waals surface area contributed by atoms with Gasteiger partial charge in [0.2, 0.25) is 11.8 Å². The van der Waals surface area contributed by atoms with E-state index in [1.807, 2.05) is 38.1 Å². The van der Waals surface area contributed by atoms with Gasteiger partial charge in [0.1, 0.15) is 11.3 Å². The van der Waals surface area contributed by atoms with E-state index in [1.54, 1.807) is 0 Å². The Balaban J connectivity index is 1.50. The summed E-state index contributed by atoms with van der Waals surface area (Å²) in [4.78, 5) is 28.9. The van der Waals surface area contributed by atoms with Gasteiger partial charge in [0, 0.05) is 29.4 Å². The van der Waals surface area contributed by atoms with E-state index < -0.39 is 11.5 Å². The highest BCUT2D eigenvalue weighted by atomic mass is 16.5. The number of rotatable bonds is 3. The first-order chi connectivity index (χ1) is 13.5. The van der Waals surface area contributed by atoms with Crippen molar-refractivity contribution < 1.29 is 14.1 Å². The Kier molecular flexibility index (Phi) is 3.84. The molecule has 0 saturated carbocycles. The van der Waals surface area contributed by atoms with Crippen molar-refractivity contribution in [1.82, 2.24) is 15.4 Å². The van der Waals surface area contributed by atoms with Crippen LogP contribution in [0.25, 0.3) is 0 Å². The van der Waals surface area contributed by atoms with Crippen LogP contribution < -0.4 is 10.6 Å². The SMILES string of the molecule is Cc1noc(C)c1CNC(=O)[C@@H]1C[C@H]2CCCN2[C@]12C(=O)Nc1ccccc12. The number of nitrogens with zero attached hydrogens (tertiary/aromatic N) is 2. The molecule has 0 aliphatic carbocycles. The highest BCUT2D eigenvalue weighted by Gasteiger charge is 2.65. The van der Waals surface area contributed by atoms with Crippen LogP contribution in [0.5, 0.6) is 0 Å². The molecule has 2 amide bonds. The number of hydrogen-bond donors (Lipinski definition) is 2. The topological polar surface area (TPSA) is 87.5 Å². The third-order valence-corrected chi connectivity index (χ3v) is 6.71. The minimum Gasteiger partial charge on any atom is -0.361 e. The van der Waals surface area contributed by atoms with Crippen molar-refractivity contribution in [2.75, 3.05) is 11.9 Å². The van der Waals surface area contributed by atoms with Crippen LogP contribution in [-0.4, -0.2) is 34.5 Å². The molecular weight excluding hydrogens is 356 g/mol. The lowest BCUT2D eigenvalue weighted by atomic mass is 9.78. The van der Waals surface area contributed by atoms with Crippen LogP contribution >= 0.6 is 0 Å². The summed E-state index contributed by atoms with van der Waals surface area (Å²) in [6.45, 7) is 4.92. The van der Waals surface area contributed by atoms with Gasteiger partial charge in [0.25, 0.3) is 0 Å². The first-order valence-electron chi connectivity index (χ1n) is 9.90. The summed E-state index contributed by atoms with van der Waals surface area (Å²) >= 11 is 0. The molecule has 4 heterocycles. The largest absolute Gasteiger partial charge is 0.361 e. The van der Waals surface area contributed by atoms with Crippen molar-refractivity contribution in [3.05, 3.63) is 46.8 Å². The Morgan fingerprint density at radius 2 is 2.21 bits per heavy atom. The number of aryl methyl sites for hydroxylation is 2. The molecule has 2 fully saturated rings. The molecule has 2 aromatic rings. The van der Waals surface area contributed by atoms with E-state index in [0.29, 0.717) is 18.7 Å². The quantitative estimate of drug-likeness (QED) is 0.853. The second-order valence-electron chi connectivity index (χ2n) is 8.06. The van der Waals surface area contributed by atoms with E-state index in [9.17, 15) is 9.59 Å². The third kappa shape index (κ3) is 2.22. The van der Waals surface area contributed by atoms with Crippen LogP contribution in [0.1, 0.15) is 41.8 Å². The third-order valence-electron chi connectivity index (χ3n) is 6.71. The predicted octanol–water partition coefficient (Wildman–Crippen LogP) is 2.24. The molecule has 3 aliphatic rings. The molecule has 1 spiro atoms. The van der Waals surface area contributed by atoms with E-state index in [2.05, 4.69) is 20.7 Å².